The lowest BCUT2D eigenvalue weighted by Gasteiger charge is -2.13. The van der Waals surface area contributed by atoms with Crippen LogP contribution in [0.25, 0.3) is 0 Å². The molecule has 8 heteroatoms. The van der Waals surface area contributed by atoms with Gasteiger partial charge in [-0.25, -0.2) is 8.42 Å². The van der Waals surface area contributed by atoms with Gasteiger partial charge in [-0.15, -0.1) is 11.6 Å². The number of benzene rings is 1. The van der Waals surface area contributed by atoms with Crippen LogP contribution in [0, 0.1) is 0 Å². The normalized spacial score (nSPS) is 11.1. The molecule has 0 saturated carbocycles. The van der Waals surface area contributed by atoms with Crippen molar-refractivity contribution in [1.82, 2.24) is 0 Å². The van der Waals surface area contributed by atoms with Gasteiger partial charge in [0.2, 0.25) is 10.0 Å². The fraction of sp³-hybridized carbons (Fsp3) is 0.400. The van der Waals surface area contributed by atoms with E-state index in [9.17, 15) is 8.42 Å². The van der Waals surface area contributed by atoms with Crippen LogP contribution >= 0.6 is 23.2 Å². The number of ether oxygens (including phenoxy) is 2. The molecule has 0 saturated heterocycles. The van der Waals surface area contributed by atoms with Gasteiger partial charge in [0.05, 0.1) is 30.7 Å². The zero-order valence-corrected chi connectivity index (χ0v) is 12.2. The van der Waals surface area contributed by atoms with Gasteiger partial charge < -0.3 is 9.47 Å². The van der Waals surface area contributed by atoms with Crippen molar-refractivity contribution in [2.75, 3.05) is 30.6 Å². The van der Waals surface area contributed by atoms with Crippen molar-refractivity contribution in [3.8, 4) is 11.5 Å². The van der Waals surface area contributed by atoms with Gasteiger partial charge >= 0.3 is 0 Å². The summed E-state index contributed by atoms with van der Waals surface area (Å²) in [6, 6.07) is 2.92. The third kappa shape index (κ3) is 3.83. The first-order chi connectivity index (χ1) is 8.43. The molecule has 0 aromatic heterocycles. The lowest BCUT2D eigenvalue weighted by atomic mass is 10.3. The molecular formula is C10H13Cl2NO4S. The van der Waals surface area contributed by atoms with E-state index in [0.29, 0.717) is 16.5 Å². The average Bonchev–Trinajstić information content (AvgIpc) is 2.30. The van der Waals surface area contributed by atoms with Crippen LogP contribution in [-0.4, -0.2) is 34.3 Å². The highest BCUT2D eigenvalue weighted by atomic mass is 35.5. The molecule has 5 nitrogen and oxygen atoms in total. The molecule has 1 aromatic carbocycles. The minimum Gasteiger partial charge on any atom is -0.495 e. The van der Waals surface area contributed by atoms with Crippen LogP contribution < -0.4 is 14.2 Å². The molecule has 1 N–H and O–H groups in total. The highest BCUT2D eigenvalue weighted by molar-refractivity contribution is 7.92. The Morgan fingerprint density at radius 3 is 2.33 bits per heavy atom. The van der Waals surface area contributed by atoms with Gasteiger partial charge in [0, 0.05) is 18.0 Å². The van der Waals surface area contributed by atoms with E-state index in [1.54, 1.807) is 0 Å². The van der Waals surface area contributed by atoms with Crippen LogP contribution in [0.5, 0.6) is 11.5 Å². The second-order valence-corrected chi connectivity index (χ2v) is 5.92. The molecule has 0 aliphatic rings. The summed E-state index contributed by atoms with van der Waals surface area (Å²) in [5.41, 5.74) is 0.254. The van der Waals surface area contributed by atoms with Crippen molar-refractivity contribution in [2.24, 2.45) is 0 Å². The minimum absolute atomic E-state index is 0.00235. The van der Waals surface area contributed by atoms with Gasteiger partial charge in [0.25, 0.3) is 0 Å². The maximum atomic E-state index is 11.6. The number of hydrogen-bond acceptors (Lipinski definition) is 4. The average molecular weight is 314 g/mol. The standard InChI is InChI=1S/C10H13Cl2NO4S/c1-16-9-6-8(10(17-2)5-7(9)12)13-18(14,15)4-3-11/h5-6,13H,3-4H2,1-2H3. The highest BCUT2D eigenvalue weighted by Crippen LogP contribution is 2.36. The Balaban J connectivity index is 3.15. The van der Waals surface area contributed by atoms with Crippen LogP contribution in [0.15, 0.2) is 12.1 Å². The Morgan fingerprint density at radius 2 is 1.83 bits per heavy atom. The number of nitrogens with one attached hydrogen (secondary N) is 1. The first-order valence-corrected chi connectivity index (χ1v) is 7.48. The maximum Gasteiger partial charge on any atom is 0.234 e. The van der Waals surface area contributed by atoms with Crippen molar-refractivity contribution >= 4 is 38.9 Å². The minimum atomic E-state index is -3.52. The molecule has 0 radical (unpaired) electrons. The molecule has 0 bridgehead atoms. The van der Waals surface area contributed by atoms with Gasteiger partial charge in [0.15, 0.2) is 0 Å². The molecule has 0 aliphatic carbocycles. The predicted octanol–water partition coefficient (Wildman–Crippen LogP) is 2.34. The predicted molar refractivity (Wildman–Crippen MR) is 72.7 cm³/mol. The van der Waals surface area contributed by atoms with E-state index >= 15 is 0 Å². The molecule has 0 atom stereocenters. The lowest BCUT2D eigenvalue weighted by molar-refractivity contribution is 0.405. The molecule has 1 aromatic rings. The molecule has 18 heavy (non-hydrogen) atoms. The van der Waals surface area contributed by atoms with Gasteiger partial charge in [-0.1, -0.05) is 11.6 Å². The topological polar surface area (TPSA) is 64.6 Å². The molecule has 0 unspecified atom stereocenters. The van der Waals surface area contributed by atoms with Crippen molar-refractivity contribution in [3.05, 3.63) is 17.2 Å². The van der Waals surface area contributed by atoms with Gasteiger partial charge in [-0.05, 0) is 0 Å². The van der Waals surface area contributed by atoms with Crippen molar-refractivity contribution in [2.45, 2.75) is 0 Å². The number of alkyl halides is 1. The van der Waals surface area contributed by atoms with Crippen LogP contribution in [0.3, 0.4) is 0 Å². The Morgan fingerprint density at radius 1 is 1.22 bits per heavy atom. The summed E-state index contributed by atoms with van der Waals surface area (Å²) in [6.07, 6.45) is 0. The second kappa shape index (κ2) is 6.36. The van der Waals surface area contributed by atoms with E-state index in [-0.39, 0.29) is 17.3 Å². The summed E-state index contributed by atoms with van der Waals surface area (Å²) in [4.78, 5) is 0. The van der Waals surface area contributed by atoms with Gasteiger partial charge in [0.1, 0.15) is 11.5 Å². The number of methoxy groups -OCH3 is 2. The molecule has 0 fully saturated rings. The Bertz CT molecular complexity index is 519. The fourth-order valence-electron chi connectivity index (χ4n) is 1.26. The summed E-state index contributed by atoms with van der Waals surface area (Å²) in [5.74, 6) is 0.463. The highest BCUT2D eigenvalue weighted by Gasteiger charge is 2.15. The number of rotatable bonds is 6. The monoisotopic (exact) mass is 313 g/mol. The van der Waals surface area contributed by atoms with E-state index in [0.717, 1.165) is 0 Å². The number of anilines is 1. The van der Waals surface area contributed by atoms with E-state index in [2.05, 4.69) is 4.72 Å². The lowest BCUT2D eigenvalue weighted by Crippen LogP contribution is -2.18. The van der Waals surface area contributed by atoms with E-state index in [4.69, 9.17) is 32.7 Å². The molecule has 0 aliphatic heterocycles. The SMILES string of the molecule is COc1cc(NS(=O)(=O)CCCl)c(OC)cc1Cl. The summed E-state index contributed by atoms with van der Waals surface area (Å²) < 4.78 is 35.7. The van der Waals surface area contributed by atoms with Gasteiger partial charge in [-0.3, -0.25) is 4.72 Å². The third-order valence-corrected chi connectivity index (χ3v) is 4.07. The van der Waals surface area contributed by atoms with E-state index in [1.165, 1.54) is 26.4 Å². The Kier molecular flexibility index (Phi) is 5.37. The van der Waals surface area contributed by atoms with Crippen molar-refractivity contribution in [1.29, 1.82) is 0 Å². The van der Waals surface area contributed by atoms with Crippen LogP contribution in [0.2, 0.25) is 5.02 Å². The van der Waals surface area contributed by atoms with Crippen LogP contribution in [0.1, 0.15) is 0 Å². The first-order valence-electron chi connectivity index (χ1n) is 4.91. The number of sulfonamides is 1. The molecule has 1 rings (SSSR count). The quantitative estimate of drug-likeness (QED) is 0.819. The summed E-state index contributed by atoms with van der Waals surface area (Å²) in [6.45, 7) is 0. The molecular weight excluding hydrogens is 301 g/mol. The molecule has 0 heterocycles. The zero-order chi connectivity index (χ0) is 13.8. The smallest absolute Gasteiger partial charge is 0.234 e. The van der Waals surface area contributed by atoms with E-state index < -0.39 is 10.0 Å². The van der Waals surface area contributed by atoms with Crippen molar-refractivity contribution < 1.29 is 17.9 Å². The summed E-state index contributed by atoms with van der Waals surface area (Å²) in [7, 11) is -0.666. The van der Waals surface area contributed by atoms with Gasteiger partial charge in [-0.2, -0.15) is 0 Å². The maximum absolute atomic E-state index is 11.6. The van der Waals surface area contributed by atoms with E-state index in [1.807, 2.05) is 0 Å². The first kappa shape index (κ1) is 15.2. The summed E-state index contributed by atoms with van der Waals surface area (Å²) >= 11 is 11.3. The number of hydrogen-bond donors (Lipinski definition) is 1. The van der Waals surface area contributed by atoms with Crippen LogP contribution in [-0.2, 0) is 10.0 Å². The number of halogens is 2. The molecule has 0 spiro atoms. The Labute approximate surface area is 116 Å². The summed E-state index contributed by atoms with van der Waals surface area (Å²) in [5, 5.41) is 0.328. The second-order valence-electron chi connectivity index (χ2n) is 3.30. The molecule has 102 valence electrons. The zero-order valence-electron chi connectivity index (χ0n) is 9.87. The van der Waals surface area contributed by atoms with Crippen molar-refractivity contribution in [3.63, 3.8) is 0 Å². The van der Waals surface area contributed by atoms with Crippen LogP contribution in [0.4, 0.5) is 5.69 Å². The Hall–Kier alpha value is -0.850. The largest absolute Gasteiger partial charge is 0.495 e. The third-order valence-electron chi connectivity index (χ3n) is 2.09. The molecule has 0 amide bonds. The fourth-order valence-corrected chi connectivity index (χ4v) is 2.90.